The molecule has 0 heterocycles. The Kier molecular flexibility index (Phi) is 3.75. The predicted molar refractivity (Wildman–Crippen MR) is 82.1 cm³/mol. The van der Waals surface area contributed by atoms with Gasteiger partial charge in [-0.1, -0.05) is 62.9 Å². The molecule has 1 N–H and O–H groups in total. The zero-order valence-corrected chi connectivity index (χ0v) is 11.8. The molecule has 0 aliphatic rings. The van der Waals surface area contributed by atoms with Gasteiger partial charge in [-0.25, -0.2) is 4.79 Å². The average molecular weight is 266 g/mol. The fraction of sp³-hybridized carbons (Fsp3) is 0.167. The Balaban J connectivity index is 2.37. The van der Waals surface area contributed by atoms with E-state index in [-0.39, 0.29) is 5.41 Å². The summed E-state index contributed by atoms with van der Waals surface area (Å²) in [5.74, 6) is -0.898. The highest BCUT2D eigenvalue weighted by atomic mass is 16.4. The summed E-state index contributed by atoms with van der Waals surface area (Å²) in [6.45, 7) is 8.01. The van der Waals surface area contributed by atoms with Crippen LogP contribution in [0.1, 0.15) is 40.9 Å². The molecule has 2 rings (SSSR count). The van der Waals surface area contributed by atoms with E-state index in [9.17, 15) is 4.79 Å². The third-order valence-electron chi connectivity index (χ3n) is 3.72. The van der Waals surface area contributed by atoms with Crippen LogP contribution in [0.25, 0.3) is 6.08 Å². The molecule has 0 atom stereocenters. The van der Waals surface area contributed by atoms with Crippen molar-refractivity contribution in [2.24, 2.45) is 0 Å². The van der Waals surface area contributed by atoms with Crippen molar-refractivity contribution in [2.45, 2.75) is 19.3 Å². The minimum atomic E-state index is -0.898. The van der Waals surface area contributed by atoms with E-state index in [1.165, 1.54) is 5.56 Å². The SMILES string of the molecule is C=Cc1ccc(C(C)(C)c2ccc(C(=O)O)cc2)cc1. The number of carboxylic acid groups (broad SMARTS) is 1. The van der Waals surface area contributed by atoms with Crippen molar-refractivity contribution in [2.75, 3.05) is 0 Å². The Morgan fingerprint density at radius 1 is 1.00 bits per heavy atom. The average Bonchev–Trinajstić information content (AvgIpc) is 2.47. The summed E-state index contributed by atoms with van der Waals surface area (Å²) < 4.78 is 0. The summed E-state index contributed by atoms with van der Waals surface area (Å²) in [4.78, 5) is 10.9. The smallest absolute Gasteiger partial charge is 0.335 e. The normalized spacial score (nSPS) is 11.1. The predicted octanol–water partition coefficient (Wildman–Crippen LogP) is 4.35. The van der Waals surface area contributed by atoms with E-state index < -0.39 is 5.97 Å². The van der Waals surface area contributed by atoms with Gasteiger partial charge in [-0.2, -0.15) is 0 Å². The Labute approximate surface area is 119 Å². The minimum Gasteiger partial charge on any atom is -0.478 e. The first-order chi connectivity index (χ1) is 9.45. The molecule has 0 fully saturated rings. The number of hydrogen-bond donors (Lipinski definition) is 1. The van der Waals surface area contributed by atoms with Crippen molar-refractivity contribution >= 4 is 12.0 Å². The van der Waals surface area contributed by atoms with E-state index in [1.54, 1.807) is 12.1 Å². The first-order valence-electron chi connectivity index (χ1n) is 6.52. The molecule has 20 heavy (non-hydrogen) atoms. The van der Waals surface area contributed by atoms with Gasteiger partial charge < -0.3 is 5.11 Å². The van der Waals surface area contributed by atoms with Crippen LogP contribution in [0.15, 0.2) is 55.1 Å². The zero-order valence-electron chi connectivity index (χ0n) is 11.8. The van der Waals surface area contributed by atoms with Crippen LogP contribution in [0.5, 0.6) is 0 Å². The molecule has 0 aliphatic carbocycles. The van der Waals surface area contributed by atoms with Gasteiger partial charge >= 0.3 is 5.97 Å². The lowest BCUT2D eigenvalue weighted by Gasteiger charge is -2.26. The van der Waals surface area contributed by atoms with Gasteiger partial charge in [0.1, 0.15) is 0 Å². The summed E-state index contributed by atoms with van der Waals surface area (Å²) in [7, 11) is 0. The molecule has 0 aliphatic heterocycles. The van der Waals surface area contributed by atoms with Crippen LogP contribution in [0, 0.1) is 0 Å². The molecule has 2 aromatic rings. The largest absolute Gasteiger partial charge is 0.478 e. The summed E-state index contributed by atoms with van der Waals surface area (Å²) in [6, 6.07) is 15.3. The molecule has 0 aromatic heterocycles. The van der Waals surface area contributed by atoms with Crippen LogP contribution in [0.2, 0.25) is 0 Å². The molecule has 102 valence electrons. The van der Waals surface area contributed by atoms with E-state index in [0.29, 0.717) is 5.56 Å². The molecule has 0 saturated heterocycles. The van der Waals surface area contributed by atoms with Crippen LogP contribution in [0.3, 0.4) is 0 Å². The topological polar surface area (TPSA) is 37.3 Å². The van der Waals surface area contributed by atoms with Crippen LogP contribution >= 0.6 is 0 Å². The van der Waals surface area contributed by atoms with E-state index in [4.69, 9.17) is 5.11 Å². The standard InChI is InChI=1S/C18H18O2/c1-4-13-5-9-15(10-6-13)18(2,3)16-11-7-14(8-12-16)17(19)20/h4-12H,1H2,2-3H3,(H,19,20). The molecule has 0 amide bonds. The van der Waals surface area contributed by atoms with Gasteiger partial charge in [-0.15, -0.1) is 0 Å². The maximum atomic E-state index is 10.9. The Morgan fingerprint density at radius 3 is 1.85 bits per heavy atom. The second-order valence-corrected chi connectivity index (χ2v) is 5.33. The number of hydrogen-bond acceptors (Lipinski definition) is 1. The third kappa shape index (κ3) is 2.64. The highest BCUT2D eigenvalue weighted by molar-refractivity contribution is 5.87. The highest BCUT2D eigenvalue weighted by Crippen LogP contribution is 2.31. The lowest BCUT2D eigenvalue weighted by Crippen LogP contribution is -2.19. The number of benzene rings is 2. The fourth-order valence-corrected chi connectivity index (χ4v) is 2.23. The summed E-state index contributed by atoms with van der Waals surface area (Å²) >= 11 is 0. The quantitative estimate of drug-likeness (QED) is 0.893. The Hall–Kier alpha value is -2.35. The van der Waals surface area contributed by atoms with Crippen molar-refractivity contribution in [3.05, 3.63) is 77.4 Å². The van der Waals surface area contributed by atoms with E-state index in [1.807, 2.05) is 30.3 Å². The van der Waals surface area contributed by atoms with Gasteiger partial charge in [-0.3, -0.25) is 0 Å². The fourth-order valence-electron chi connectivity index (χ4n) is 2.23. The van der Waals surface area contributed by atoms with Gasteiger partial charge in [0.2, 0.25) is 0 Å². The van der Waals surface area contributed by atoms with Crippen LogP contribution in [0.4, 0.5) is 0 Å². The Morgan fingerprint density at radius 2 is 1.45 bits per heavy atom. The van der Waals surface area contributed by atoms with Gasteiger partial charge in [0.05, 0.1) is 5.56 Å². The maximum absolute atomic E-state index is 10.9. The van der Waals surface area contributed by atoms with Gasteiger partial charge in [0, 0.05) is 5.41 Å². The second kappa shape index (κ2) is 5.33. The number of carbonyl (C=O) groups is 1. The molecule has 0 unspecified atom stereocenters. The highest BCUT2D eigenvalue weighted by Gasteiger charge is 2.23. The summed E-state index contributed by atoms with van der Waals surface area (Å²) in [6.07, 6.45) is 1.82. The molecule has 2 aromatic carbocycles. The minimum absolute atomic E-state index is 0.170. The van der Waals surface area contributed by atoms with Gasteiger partial charge in [0.15, 0.2) is 0 Å². The van der Waals surface area contributed by atoms with E-state index in [0.717, 1.165) is 11.1 Å². The van der Waals surface area contributed by atoms with Gasteiger partial charge in [0.25, 0.3) is 0 Å². The molecular weight excluding hydrogens is 248 g/mol. The number of carboxylic acids is 1. The number of aromatic carboxylic acids is 1. The van der Waals surface area contributed by atoms with Crippen LogP contribution in [-0.2, 0) is 5.41 Å². The maximum Gasteiger partial charge on any atom is 0.335 e. The lowest BCUT2D eigenvalue weighted by atomic mass is 9.78. The van der Waals surface area contributed by atoms with Crippen LogP contribution in [-0.4, -0.2) is 11.1 Å². The first-order valence-corrected chi connectivity index (χ1v) is 6.52. The van der Waals surface area contributed by atoms with E-state index >= 15 is 0 Å². The second-order valence-electron chi connectivity index (χ2n) is 5.33. The number of rotatable bonds is 4. The van der Waals surface area contributed by atoms with E-state index in [2.05, 4.69) is 32.6 Å². The summed E-state index contributed by atoms with van der Waals surface area (Å²) in [5, 5.41) is 8.94. The first kappa shape index (κ1) is 14.1. The molecule has 0 bridgehead atoms. The monoisotopic (exact) mass is 266 g/mol. The molecule has 0 saturated carbocycles. The van der Waals surface area contributed by atoms with Gasteiger partial charge in [-0.05, 0) is 28.8 Å². The molecule has 2 nitrogen and oxygen atoms in total. The van der Waals surface area contributed by atoms with Crippen molar-refractivity contribution in [1.82, 2.24) is 0 Å². The van der Waals surface area contributed by atoms with Crippen molar-refractivity contribution in [3.8, 4) is 0 Å². The Bertz CT molecular complexity index is 619. The van der Waals surface area contributed by atoms with Crippen LogP contribution < -0.4 is 0 Å². The molecule has 0 radical (unpaired) electrons. The zero-order chi connectivity index (χ0) is 14.8. The third-order valence-corrected chi connectivity index (χ3v) is 3.72. The summed E-state index contributed by atoms with van der Waals surface area (Å²) in [5.41, 5.74) is 3.51. The van der Waals surface area contributed by atoms with Crippen molar-refractivity contribution < 1.29 is 9.90 Å². The van der Waals surface area contributed by atoms with Crippen molar-refractivity contribution in [1.29, 1.82) is 0 Å². The molecule has 0 spiro atoms. The molecular formula is C18H18O2. The van der Waals surface area contributed by atoms with Crippen molar-refractivity contribution in [3.63, 3.8) is 0 Å². The lowest BCUT2D eigenvalue weighted by molar-refractivity contribution is 0.0697. The molecule has 2 heteroatoms.